The topological polar surface area (TPSA) is 41.1 Å². The van der Waals surface area contributed by atoms with Crippen LogP contribution >= 0.6 is 0 Å². The van der Waals surface area contributed by atoms with Gasteiger partial charge in [0.05, 0.1) is 18.1 Å². The zero-order chi connectivity index (χ0) is 13.0. The van der Waals surface area contributed by atoms with Crippen molar-refractivity contribution < 1.29 is 0 Å². The Kier molecular flexibility index (Phi) is 4.39. The molecule has 1 aliphatic heterocycles. The lowest BCUT2D eigenvalue weighted by Gasteiger charge is -2.33. The second-order valence-electron chi connectivity index (χ2n) is 5.37. The molecule has 0 unspecified atom stereocenters. The maximum Gasteiger partial charge on any atom is 0.225 e. The first-order valence-corrected chi connectivity index (χ1v) is 7.01. The maximum atomic E-state index is 4.44. The summed E-state index contributed by atoms with van der Waals surface area (Å²) in [6.07, 6.45) is 6.27. The van der Waals surface area contributed by atoms with Crippen molar-refractivity contribution in [2.45, 2.75) is 33.6 Å². The first-order valence-electron chi connectivity index (χ1n) is 7.01. The van der Waals surface area contributed by atoms with Gasteiger partial charge in [-0.2, -0.15) is 0 Å². The van der Waals surface area contributed by atoms with Gasteiger partial charge in [0.25, 0.3) is 0 Å². The second kappa shape index (κ2) is 6.03. The van der Waals surface area contributed by atoms with Gasteiger partial charge in [0, 0.05) is 19.6 Å². The van der Waals surface area contributed by atoms with Crippen LogP contribution in [-0.4, -0.2) is 29.6 Å². The summed E-state index contributed by atoms with van der Waals surface area (Å²) in [5.74, 6) is 2.53. The van der Waals surface area contributed by atoms with Gasteiger partial charge in [-0.05, 0) is 31.6 Å². The fraction of sp³-hybridized carbons (Fsp3) is 0.714. The summed E-state index contributed by atoms with van der Waals surface area (Å²) in [4.78, 5) is 11.2. The molecule has 1 aliphatic rings. The second-order valence-corrected chi connectivity index (χ2v) is 5.37. The standard InChI is InChI=1S/C14H24N4/c1-4-15-13-9-16-14(17-10-13)18-7-5-12(6-8-18)11(2)3/h9-12,15H,4-8H2,1-3H3. The summed E-state index contributed by atoms with van der Waals surface area (Å²) in [6.45, 7) is 9.80. The van der Waals surface area contributed by atoms with Gasteiger partial charge in [-0.1, -0.05) is 13.8 Å². The summed E-state index contributed by atoms with van der Waals surface area (Å²) in [7, 11) is 0. The van der Waals surface area contributed by atoms with E-state index in [2.05, 4.69) is 41.0 Å². The Hall–Kier alpha value is -1.32. The van der Waals surface area contributed by atoms with Gasteiger partial charge < -0.3 is 10.2 Å². The summed E-state index contributed by atoms with van der Waals surface area (Å²) in [5.41, 5.74) is 0.998. The predicted octanol–water partition coefficient (Wildman–Crippen LogP) is 2.78. The predicted molar refractivity (Wildman–Crippen MR) is 76.0 cm³/mol. The quantitative estimate of drug-likeness (QED) is 0.889. The molecule has 2 heterocycles. The monoisotopic (exact) mass is 248 g/mol. The van der Waals surface area contributed by atoms with Crippen molar-refractivity contribution in [3.63, 3.8) is 0 Å². The lowest BCUT2D eigenvalue weighted by Crippen LogP contribution is -2.36. The zero-order valence-corrected chi connectivity index (χ0v) is 11.7. The van der Waals surface area contributed by atoms with E-state index >= 15 is 0 Å². The Balaban J connectivity index is 1.93. The normalized spacial score (nSPS) is 17.2. The van der Waals surface area contributed by atoms with Gasteiger partial charge in [-0.25, -0.2) is 9.97 Å². The molecule has 100 valence electrons. The van der Waals surface area contributed by atoms with Crippen molar-refractivity contribution in [2.75, 3.05) is 29.9 Å². The number of rotatable bonds is 4. The fourth-order valence-corrected chi connectivity index (χ4v) is 2.55. The van der Waals surface area contributed by atoms with Crippen LogP contribution in [0, 0.1) is 11.8 Å². The van der Waals surface area contributed by atoms with Crippen LogP contribution < -0.4 is 10.2 Å². The molecular weight excluding hydrogens is 224 g/mol. The Bertz CT molecular complexity index is 353. The lowest BCUT2D eigenvalue weighted by molar-refractivity contribution is 0.310. The van der Waals surface area contributed by atoms with E-state index in [1.165, 1.54) is 12.8 Å². The SMILES string of the molecule is CCNc1cnc(N2CCC(C(C)C)CC2)nc1. The summed E-state index contributed by atoms with van der Waals surface area (Å²) in [5, 5.41) is 3.22. The number of piperidine rings is 1. The molecule has 1 aromatic rings. The van der Waals surface area contributed by atoms with Crippen LogP contribution in [0.15, 0.2) is 12.4 Å². The molecule has 0 aliphatic carbocycles. The number of hydrogen-bond donors (Lipinski definition) is 1. The third kappa shape index (κ3) is 3.12. The summed E-state index contributed by atoms with van der Waals surface area (Å²) in [6, 6.07) is 0. The highest BCUT2D eigenvalue weighted by Crippen LogP contribution is 2.26. The number of anilines is 2. The molecule has 1 N–H and O–H groups in total. The molecule has 0 amide bonds. The maximum absolute atomic E-state index is 4.44. The first kappa shape index (κ1) is 13.1. The van der Waals surface area contributed by atoms with E-state index in [0.29, 0.717) is 0 Å². The van der Waals surface area contributed by atoms with Crippen molar-refractivity contribution >= 4 is 11.6 Å². The molecule has 0 saturated carbocycles. The van der Waals surface area contributed by atoms with Crippen LogP contribution in [0.3, 0.4) is 0 Å². The minimum Gasteiger partial charge on any atom is -0.383 e. The highest BCUT2D eigenvalue weighted by Gasteiger charge is 2.22. The lowest BCUT2D eigenvalue weighted by atomic mass is 9.87. The van der Waals surface area contributed by atoms with Crippen LogP contribution in [0.2, 0.25) is 0 Å². The molecule has 0 radical (unpaired) electrons. The number of hydrogen-bond acceptors (Lipinski definition) is 4. The van der Waals surface area contributed by atoms with Crippen molar-refractivity contribution in [3.05, 3.63) is 12.4 Å². The largest absolute Gasteiger partial charge is 0.383 e. The molecule has 0 aromatic carbocycles. The van der Waals surface area contributed by atoms with E-state index in [9.17, 15) is 0 Å². The van der Waals surface area contributed by atoms with Crippen LogP contribution in [0.25, 0.3) is 0 Å². The molecular formula is C14H24N4. The van der Waals surface area contributed by atoms with Crippen molar-refractivity contribution in [1.82, 2.24) is 9.97 Å². The van der Waals surface area contributed by atoms with Gasteiger partial charge in [0.1, 0.15) is 0 Å². The molecule has 4 heteroatoms. The zero-order valence-electron chi connectivity index (χ0n) is 11.7. The molecule has 18 heavy (non-hydrogen) atoms. The highest BCUT2D eigenvalue weighted by molar-refractivity contribution is 5.42. The molecule has 1 fully saturated rings. The summed E-state index contributed by atoms with van der Waals surface area (Å²) >= 11 is 0. The van der Waals surface area contributed by atoms with Gasteiger partial charge in [0.2, 0.25) is 5.95 Å². The van der Waals surface area contributed by atoms with Crippen LogP contribution in [0.5, 0.6) is 0 Å². The van der Waals surface area contributed by atoms with Gasteiger partial charge in [-0.3, -0.25) is 0 Å². The average molecular weight is 248 g/mol. The number of aromatic nitrogens is 2. The smallest absolute Gasteiger partial charge is 0.225 e. The van der Waals surface area contributed by atoms with Gasteiger partial charge >= 0.3 is 0 Å². The van der Waals surface area contributed by atoms with E-state index in [4.69, 9.17) is 0 Å². The summed E-state index contributed by atoms with van der Waals surface area (Å²) < 4.78 is 0. The Morgan fingerprint density at radius 2 is 1.89 bits per heavy atom. The number of nitrogens with one attached hydrogen (secondary N) is 1. The number of nitrogens with zero attached hydrogens (tertiary/aromatic N) is 3. The van der Waals surface area contributed by atoms with Crippen molar-refractivity contribution in [3.8, 4) is 0 Å². The molecule has 1 saturated heterocycles. The van der Waals surface area contributed by atoms with Crippen LogP contribution in [0.4, 0.5) is 11.6 Å². The fourth-order valence-electron chi connectivity index (χ4n) is 2.55. The van der Waals surface area contributed by atoms with E-state index in [1.807, 2.05) is 12.4 Å². The molecule has 4 nitrogen and oxygen atoms in total. The Labute approximate surface area is 110 Å². The molecule has 0 atom stereocenters. The Morgan fingerprint density at radius 3 is 2.39 bits per heavy atom. The molecule has 0 spiro atoms. The van der Waals surface area contributed by atoms with E-state index < -0.39 is 0 Å². The van der Waals surface area contributed by atoms with E-state index in [-0.39, 0.29) is 0 Å². The van der Waals surface area contributed by atoms with E-state index in [1.54, 1.807) is 0 Å². The highest BCUT2D eigenvalue weighted by atomic mass is 15.3. The van der Waals surface area contributed by atoms with Crippen molar-refractivity contribution in [2.24, 2.45) is 11.8 Å². The third-order valence-electron chi connectivity index (χ3n) is 3.78. The first-order chi connectivity index (χ1) is 8.70. The average Bonchev–Trinajstić information content (AvgIpc) is 2.40. The minimum atomic E-state index is 0.796. The third-order valence-corrected chi connectivity index (χ3v) is 3.78. The molecule has 2 rings (SSSR count). The van der Waals surface area contributed by atoms with Gasteiger partial charge in [0.15, 0.2) is 0 Å². The van der Waals surface area contributed by atoms with Gasteiger partial charge in [-0.15, -0.1) is 0 Å². The van der Waals surface area contributed by atoms with Crippen molar-refractivity contribution in [1.29, 1.82) is 0 Å². The van der Waals surface area contributed by atoms with E-state index in [0.717, 1.165) is 43.1 Å². The Morgan fingerprint density at radius 1 is 1.28 bits per heavy atom. The van der Waals surface area contributed by atoms with Crippen LogP contribution in [0.1, 0.15) is 33.6 Å². The molecule has 0 bridgehead atoms. The van der Waals surface area contributed by atoms with Crippen LogP contribution in [-0.2, 0) is 0 Å². The minimum absolute atomic E-state index is 0.796. The molecule has 1 aromatic heterocycles.